The van der Waals surface area contributed by atoms with E-state index in [1.807, 2.05) is 23.1 Å². The zero-order valence-electron chi connectivity index (χ0n) is 34.2. The Morgan fingerprint density at radius 3 is 1.94 bits per heavy atom. The topological polar surface area (TPSA) is 43.6 Å². The van der Waals surface area contributed by atoms with Gasteiger partial charge in [-0.25, -0.2) is 4.98 Å². The summed E-state index contributed by atoms with van der Waals surface area (Å²) in [5, 5.41) is 5.20. The first-order valence-corrected chi connectivity index (χ1v) is 23.6. The minimum absolute atomic E-state index is 0.318. The summed E-state index contributed by atoms with van der Waals surface area (Å²) < 4.78 is 4.87. The van der Waals surface area contributed by atoms with E-state index in [0.29, 0.717) is 28.8 Å². The maximum atomic E-state index is 5.55. The van der Waals surface area contributed by atoms with Crippen molar-refractivity contribution in [2.45, 2.75) is 21.5 Å². The maximum Gasteiger partial charge on any atom is 0.238 e. The predicted octanol–water partition coefficient (Wildman–Crippen LogP) is 14.7. The highest BCUT2D eigenvalue weighted by molar-refractivity contribution is 8.00. The third kappa shape index (κ3) is 4.56. The molecule has 11 aromatic rings. The van der Waals surface area contributed by atoms with Gasteiger partial charge in [0.2, 0.25) is 5.95 Å². The Morgan fingerprint density at radius 2 is 1.12 bits per heavy atom. The molecule has 0 radical (unpaired) electrons. The lowest BCUT2D eigenvalue weighted by Gasteiger charge is -2.30. The van der Waals surface area contributed by atoms with Crippen LogP contribution in [0.15, 0.2) is 199 Å². The quantitative estimate of drug-likeness (QED) is 0.178. The number of aromatic nitrogens is 4. The Balaban J connectivity index is 1.04. The van der Waals surface area contributed by atoms with Crippen molar-refractivity contribution in [3.63, 3.8) is 0 Å². The molecule has 4 heterocycles. The number of nitrogens with zero attached hydrogens (tertiary/aromatic N) is 4. The monoisotopic (exact) mass is 850 g/mol. The molecule has 6 heteroatoms. The van der Waals surface area contributed by atoms with Gasteiger partial charge >= 0.3 is 0 Å². The van der Waals surface area contributed by atoms with E-state index in [1.165, 1.54) is 85.9 Å². The van der Waals surface area contributed by atoms with E-state index in [4.69, 9.17) is 15.0 Å². The fourth-order valence-corrected chi connectivity index (χ4v) is 14.0. The lowest BCUT2D eigenvalue weighted by atomic mass is 9.70. The molecule has 8 aromatic carbocycles. The summed E-state index contributed by atoms with van der Waals surface area (Å²) in [5.41, 5.74) is 15.3. The van der Waals surface area contributed by atoms with Crippen LogP contribution in [0.2, 0.25) is 0 Å². The van der Waals surface area contributed by atoms with Gasteiger partial charge in [0.05, 0.1) is 16.4 Å². The van der Waals surface area contributed by atoms with Gasteiger partial charge in [0.25, 0.3) is 0 Å². The molecule has 1 aliphatic heterocycles. The first-order chi connectivity index (χ1) is 31.7. The molecule has 2 unspecified atom stereocenters. The summed E-state index contributed by atoms with van der Waals surface area (Å²) in [6.45, 7) is 0. The van der Waals surface area contributed by atoms with Gasteiger partial charge in [-0.1, -0.05) is 152 Å². The standard InChI is InChI=1S/C58H34N4S2/c1-7-19-44-35(13-1)36-14-2-8-20-45(36)58(44)46-21-9-3-18-41(46)53-47(58)28-27-40-37-15-4-10-22-48(37)62(54(40)53)57-60-55(33-25-29-51-42(31-33)38-16-5-11-23-49(38)63-51)59-56(61-57)34-26-30-52-43(32-34)39-17-6-12-24-50(39)64-52/h1-32,38,49H. The van der Waals surface area contributed by atoms with Crippen molar-refractivity contribution >= 4 is 65.1 Å². The second-order valence-electron chi connectivity index (χ2n) is 17.3. The molecule has 0 amide bonds. The molecule has 0 saturated carbocycles. The highest BCUT2D eigenvalue weighted by Gasteiger charge is 2.52. The van der Waals surface area contributed by atoms with Crippen LogP contribution in [-0.2, 0) is 5.41 Å². The summed E-state index contributed by atoms with van der Waals surface area (Å²) in [4.78, 5) is 17.8. The van der Waals surface area contributed by atoms with E-state index in [9.17, 15) is 0 Å². The highest BCUT2D eigenvalue weighted by Crippen LogP contribution is 2.64. The van der Waals surface area contributed by atoms with Crippen LogP contribution in [0.1, 0.15) is 33.7 Å². The number of para-hydroxylation sites is 1. The van der Waals surface area contributed by atoms with Crippen LogP contribution < -0.4 is 0 Å². The van der Waals surface area contributed by atoms with E-state index in [1.54, 1.807) is 0 Å². The van der Waals surface area contributed by atoms with Gasteiger partial charge in [0, 0.05) is 63.7 Å². The number of hydrogen-bond donors (Lipinski definition) is 0. The Labute approximate surface area is 376 Å². The van der Waals surface area contributed by atoms with Crippen molar-refractivity contribution in [3.05, 3.63) is 222 Å². The van der Waals surface area contributed by atoms with Gasteiger partial charge < -0.3 is 0 Å². The summed E-state index contributed by atoms with van der Waals surface area (Å²) in [7, 11) is 0. The molecule has 4 nitrogen and oxygen atoms in total. The van der Waals surface area contributed by atoms with Gasteiger partial charge in [-0.15, -0.1) is 23.1 Å². The number of allylic oxidation sites excluding steroid dienone is 3. The fourth-order valence-electron chi connectivity index (χ4n) is 11.6. The fraction of sp³-hybridized carbons (Fsp3) is 0.0517. The first kappa shape index (κ1) is 35.1. The van der Waals surface area contributed by atoms with E-state index in [2.05, 4.69) is 199 Å². The first-order valence-electron chi connectivity index (χ1n) is 21.9. The molecule has 1 spiro atoms. The molecule has 0 N–H and O–H groups in total. The lowest BCUT2D eigenvalue weighted by Crippen LogP contribution is -2.25. The Kier molecular flexibility index (Phi) is 7.05. The van der Waals surface area contributed by atoms with Crippen LogP contribution in [0.5, 0.6) is 0 Å². The number of thioether (sulfide) groups is 1. The van der Waals surface area contributed by atoms with Crippen molar-refractivity contribution in [1.29, 1.82) is 0 Å². The molecule has 0 fully saturated rings. The summed E-state index contributed by atoms with van der Waals surface area (Å²) in [5.74, 6) is 2.24. The largest absolute Gasteiger partial charge is 0.277 e. The molecule has 4 aliphatic rings. The zero-order chi connectivity index (χ0) is 41.7. The average molecular weight is 851 g/mol. The molecular formula is C58H34N4S2. The van der Waals surface area contributed by atoms with Crippen molar-refractivity contribution in [1.82, 2.24) is 19.5 Å². The Morgan fingerprint density at radius 1 is 0.484 bits per heavy atom. The molecule has 3 aliphatic carbocycles. The number of hydrogen-bond acceptors (Lipinski definition) is 5. The summed E-state index contributed by atoms with van der Waals surface area (Å²) in [6.07, 6.45) is 9.01. The van der Waals surface area contributed by atoms with E-state index < -0.39 is 5.41 Å². The SMILES string of the molecule is C1=CC2Sc3ccc(-c4nc(-c5ccc6sc7ccccc7c6c5)nc(-n5c6ccccc6c6ccc7c(c65)-c5ccccc5C75c6ccccc6-c6ccccc65)n4)cc3C2C=C1. The molecule has 2 atom stereocenters. The maximum absolute atomic E-state index is 5.55. The zero-order valence-corrected chi connectivity index (χ0v) is 35.9. The van der Waals surface area contributed by atoms with Gasteiger partial charge in [-0.05, 0) is 87.0 Å². The summed E-state index contributed by atoms with van der Waals surface area (Å²) in [6, 6.07) is 62.8. The van der Waals surface area contributed by atoms with Crippen molar-refractivity contribution in [3.8, 4) is 51.0 Å². The molecule has 0 bridgehead atoms. The van der Waals surface area contributed by atoms with Crippen molar-refractivity contribution in [2.75, 3.05) is 0 Å². The second kappa shape index (κ2) is 12.9. The van der Waals surface area contributed by atoms with Crippen LogP contribution in [-0.4, -0.2) is 24.8 Å². The van der Waals surface area contributed by atoms with Gasteiger partial charge in [0.15, 0.2) is 11.6 Å². The molecular weight excluding hydrogens is 817 g/mol. The third-order valence-electron chi connectivity index (χ3n) is 14.2. The van der Waals surface area contributed by atoms with Crippen LogP contribution in [0.4, 0.5) is 0 Å². The van der Waals surface area contributed by atoms with E-state index in [0.717, 1.165) is 22.2 Å². The minimum atomic E-state index is -0.480. The van der Waals surface area contributed by atoms with Crippen molar-refractivity contribution in [2.24, 2.45) is 0 Å². The lowest BCUT2D eigenvalue weighted by molar-refractivity contribution is 0.794. The van der Waals surface area contributed by atoms with Crippen molar-refractivity contribution < 1.29 is 0 Å². The molecule has 0 saturated heterocycles. The smallest absolute Gasteiger partial charge is 0.238 e. The van der Waals surface area contributed by atoms with Crippen LogP contribution in [0, 0.1) is 0 Å². The number of rotatable bonds is 3. The molecule has 3 aromatic heterocycles. The Bertz CT molecular complexity index is 3880. The minimum Gasteiger partial charge on any atom is -0.277 e. The molecule has 298 valence electrons. The van der Waals surface area contributed by atoms with Crippen LogP contribution >= 0.6 is 23.1 Å². The number of thiophene rings is 1. The highest BCUT2D eigenvalue weighted by atomic mass is 32.2. The van der Waals surface area contributed by atoms with Crippen LogP contribution in [0.25, 0.3) is 93.0 Å². The molecule has 64 heavy (non-hydrogen) atoms. The Hall–Kier alpha value is -7.38. The number of benzene rings is 8. The number of fused-ring (bicyclic) bond motifs is 20. The predicted molar refractivity (Wildman–Crippen MR) is 265 cm³/mol. The molecule has 15 rings (SSSR count). The second-order valence-corrected chi connectivity index (χ2v) is 19.6. The van der Waals surface area contributed by atoms with Gasteiger partial charge in [-0.3, -0.25) is 4.57 Å². The van der Waals surface area contributed by atoms with Gasteiger partial charge in [0.1, 0.15) is 0 Å². The third-order valence-corrected chi connectivity index (χ3v) is 16.7. The van der Waals surface area contributed by atoms with E-state index >= 15 is 0 Å². The normalized spacial score (nSPS) is 17.0. The summed E-state index contributed by atoms with van der Waals surface area (Å²) >= 11 is 3.77. The van der Waals surface area contributed by atoms with E-state index in [-0.39, 0.29) is 0 Å². The van der Waals surface area contributed by atoms with Gasteiger partial charge in [-0.2, -0.15) is 9.97 Å². The average Bonchev–Trinajstić information content (AvgIpc) is 4.15. The van der Waals surface area contributed by atoms with Crippen LogP contribution in [0.3, 0.4) is 0 Å².